The molecule has 1 aliphatic carbocycles. The van der Waals surface area contributed by atoms with Crippen molar-refractivity contribution in [1.82, 2.24) is 0 Å². The summed E-state index contributed by atoms with van der Waals surface area (Å²) in [7, 11) is 0. The van der Waals surface area contributed by atoms with Crippen LogP contribution in [0.15, 0.2) is 22.7 Å². The molecule has 0 fully saturated rings. The second-order valence-electron chi connectivity index (χ2n) is 3.12. The lowest BCUT2D eigenvalue weighted by Gasteiger charge is -2.21. The molecule has 1 rings (SSSR count). The van der Waals surface area contributed by atoms with Crippen molar-refractivity contribution in [1.29, 1.82) is 0 Å². The molecule has 0 N–H and O–H groups in total. The third kappa shape index (κ3) is 1.98. The second kappa shape index (κ2) is 2.30. The lowest BCUT2D eigenvalue weighted by molar-refractivity contribution is 0.483. The van der Waals surface area contributed by atoms with Gasteiger partial charge in [0.15, 0.2) is 0 Å². The fourth-order valence-electron chi connectivity index (χ4n) is 0.956. The summed E-state index contributed by atoms with van der Waals surface area (Å²) in [6.07, 6.45) is 7.70. The van der Waals surface area contributed by atoms with Crippen LogP contribution in [0.3, 0.4) is 0 Å². The fraction of sp³-hybridized carbons (Fsp3) is 0.500. The van der Waals surface area contributed by atoms with Crippen LogP contribution >= 0.6 is 15.9 Å². The zero-order valence-electron chi connectivity index (χ0n) is 5.82. The van der Waals surface area contributed by atoms with Crippen LogP contribution in [0, 0.1) is 5.41 Å². The second-order valence-corrected chi connectivity index (χ2v) is 4.04. The highest BCUT2D eigenvalue weighted by molar-refractivity contribution is 9.11. The largest absolute Gasteiger partial charge is 0.0826 e. The monoisotopic (exact) mass is 186 g/mol. The highest BCUT2D eigenvalue weighted by atomic mass is 79.9. The molecule has 0 atom stereocenters. The lowest BCUT2D eigenvalue weighted by Crippen LogP contribution is -2.07. The van der Waals surface area contributed by atoms with Crippen molar-refractivity contribution in [2.75, 3.05) is 0 Å². The zero-order chi connectivity index (χ0) is 6.91. The lowest BCUT2D eigenvalue weighted by atomic mass is 9.86. The summed E-state index contributed by atoms with van der Waals surface area (Å²) in [5.74, 6) is 0. The van der Waals surface area contributed by atoms with Gasteiger partial charge in [0.25, 0.3) is 0 Å². The van der Waals surface area contributed by atoms with E-state index >= 15 is 0 Å². The normalized spacial score (nSPS) is 23.7. The minimum Gasteiger partial charge on any atom is -0.0826 e. The van der Waals surface area contributed by atoms with Crippen LogP contribution in [0.25, 0.3) is 0 Å². The Balaban J connectivity index is 2.78. The van der Waals surface area contributed by atoms with Crippen molar-refractivity contribution in [3.05, 3.63) is 22.7 Å². The molecule has 0 aromatic rings. The topological polar surface area (TPSA) is 0 Å². The third-order valence-corrected chi connectivity index (χ3v) is 1.94. The van der Waals surface area contributed by atoms with E-state index in [4.69, 9.17) is 0 Å². The average molecular weight is 187 g/mol. The van der Waals surface area contributed by atoms with E-state index in [1.54, 1.807) is 0 Å². The molecular formula is C8H11Br. The van der Waals surface area contributed by atoms with Crippen molar-refractivity contribution in [3.8, 4) is 0 Å². The van der Waals surface area contributed by atoms with Crippen molar-refractivity contribution >= 4 is 15.9 Å². The van der Waals surface area contributed by atoms with Crippen molar-refractivity contribution < 1.29 is 0 Å². The Bertz CT molecular complexity index is 163. The first-order chi connectivity index (χ1) is 4.10. The van der Waals surface area contributed by atoms with E-state index < -0.39 is 0 Å². The summed E-state index contributed by atoms with van der Waals surface area (Å²) < 4.78 is 1.21. The molecule has 0 aliphatic heterocycles. The van der Waals surface area contributed by atoms with Gasteiger partial charge in [0.1, 0.15) is 0 Å². The van der Waals surface area contributed by atoms with Gasteiger partial charge in [-0.2, -0.15) is 0 Å². The Kier molecular flexibility index (Phi) is 1.80. The smallest absolute Gasteiger partial charge is 0.0137 e. The van der Waals surface area contributed by atoms with Gasteiger partial charge in [0.05, 0.1) is 0 Å². The van der Waals surface area contributed by atoms with E-state index in [1.807, 2.05) is 0 Å². The molecule has 0 aromatic carbocycles. The van der Waals surface area contributed by atoms with Gasteiger partial charge in [-0.05, 0) is 11.8 Å². The highest BCUT2D eigenvalue weighted by Crippen LogP contribution is 2.30. The third-order valence-electron chi connectivity index (χ3n) is 1.45. The maximum atomic E-state index is 3.44. The maximum absolute atomic E-state index is 3.44. The molecule has 0 amide bonds. The van der Waals surface area contributed by atoms with Crippen LogP contribution in [0.4, 0.5) is 0 Å². The molecule has 0 bridgehead atoms. The Morgan fingerprint density at radius 1 is 1.56 bits per heavy atom. The van der Waals surface area contributed by atoms with Gasteiger partial charge in [-0.3, -0.25) is 0 Å². The van der Waals surface area contributed by atoms with Gasteiger partial charge in [-0.25, -0.2) is 0 Å². The standard InChI is InChI=1S/C8H11Br/c1-8(2)5-3-4-7(9)6-8/h3-4,6H,5H2,1-2H3. The minimum atomic E-state index is 0.355. The fourth-order valence-corrected chi connectivity index (χ4v) is 1.76. The van der Waals surface area contributed by atoms with E-state index in [9.17, 15) is 0 Å². The summed E-state index contributed by atoms with van der Waals surface area (Å²) in [6, 6.07) is 0. The van der Waals surface area contributed by atoms with E-state index in [-0.39, 0.29) is 0 Å². The molecule has 0 aromatic heterocycles. The van der Waals surface area contributed by atoms with Crippen molar-refractivity contribution in [2.45, 2.75) is 20.3 Å². The molecular weight excluding hydrogens is 176 g/mol. The predicted octanol–water partition coefficient (Wildman–Crippen LogP) is 3.25. The van der Waals surface area contributed by atoms with Crippen molar-refractivity contribution in [3.63, 3.8) is 0 Å². The van der Waals surface area contributed by atoms with Crippen LogP contribution < -0.4 is 0 Å². The maximum Gasteiger partial charge on any atom is 0.0137 e. The van der Waals surface area contributed by atoms with Gasteiger partial charge < -0.3 is 0 Å². The molecule has 0 radical (unpaired) electrons. The Labute approximate surface area is 64.8 Å². The molecule has 1 aliphatic rings. The Hall–Kier alpha value is -0.0400. The van der Waals surface area contributed by atoms with Crippen LogP contribution in [0.5, 0.6) is 0 Å². The van der Waals surface area contributed by atoms with Crippen LogP contribution in [0.2, 0.25) is 0 Å². The number of hydrogen-bond donors (Lipinski definition) is 0. The first-order valence-corrected chi connectivity index (χ1v) is 3.94. The molecule has 0 nitrogen and oxygen atoms in total. The summed E-state index contributed by atoms with van der Waals surface area (Å²) in [5.41, 5.74) is 0.355. The van der Waals surface area contributed by atoms with E-state index in [2.05, 4.69) is 48.0 Å². The van der Waals surface area contributed by atoms with E-state index in [1.165, 1.54) is 4.48 Å². The number of halogens is 1. The Morgan fingerprint density at radius 3 is 2.56 bits per heavy atom. The number of hydrogen-bond acceptors (Lipinski definition) is 0. The first kappa shape index (κ1) is 7.07. The summed E-state index contributed by atoms with van der Waals surface area (Å²) in [4.78, 5) is 0. The molecule has 9 heavy (non-hydrogen) atoms. The highest BCUT2D eigenvalue weighted by Gasteiger charge is 2.15. The Morgan fingerprint density at radius 2 is 2.22 bits per heavy atom. The summed E-state index contributed by atoms with van der Waals surface area (Å²) >= 11 is 3.44. The minimum absolute atomic E-state index is 0.355. The zero-order valence-corrected chi connectivity index (χ0v) is 7.40. The van der Waals surface area contributed by atoms with Gasteiger partial charge in [0.2, 0.25) is 0 Å². The molecule has 0 heterocycles. The molecule has 0 saturated carbocycles. The first-order valence-electron chi connectivity index (χ1n) is 3.15. The molecule has 0 unspecified atom stereocenters. The van der Waals surface area contributed by atoms with E-state index in [0.717, 1.165) is 6.42 Å². The summed E-state index contributed by atoms with van der Waals surface area (Å²) in [5, 5.41) is 0. The van der Waals surface area contributed by atoms with Crippen LogP contribution in [0.1, 0.15) is 20.3 Å². The van der Waals surface area contributed by atoms with Crippen LogP contribution in [-0.2, 0) is 0 Å². The molecule has 1 heteroatoms. The van der Waals surface area contributed by atoms with Gasteiger partial charge in [-0.15, -0.1) is 0 Å². The number of allylic oxidation sites excluding steroid dienone is 4. The van der Waals surface area contributed by atoms with Gasteiger partial charge >= 0.3 is 0 Å². The molecule has 0 spiro atoms. The summed E-state index contributed by atoms with van der Waals surface area (Å²) in [6.45, 7) is 4.47. The number of rotatable bonds is 0. The average Bonchev–Trinajstić information content (AvgIpc) is 1.60. The van der Waals surface area contributed by atoms with Gasteiger partial charge in [-0.1, -0.05) is 48.0 Å². The quantitative estimate of drug-likeness (QED) is 0.546. The van der Waals surface area contributed by atoms with Gasteiger partial charge in [0, 0.05) is 4.48 Å². The molecule has 50 valence electrons. The SMILES string of the molecule is CC1(C)C=C(Br)C=CC1. The molecule has 0 saturated heterocycles. The van der Waals surface area contributed by atoms with Crippen molar-refractivity contribution in [2.24, 2.45) is 5.41 Å². The van der Waals surface area contributed by atoms with E-state index in [0.29, 0.717) is 5.41 Å². The predicted molar refractivity (Wildman–Crippen MR) is 44.5 cm³/mol. The van der Waals surface area contributed by atoms with Crippen LogP contribution in [-0.4, -0.2) is 0 Å².